The first kappa shape index (κ1) is 14.6. The summed E-state index contributed by atoms with van der Waals surface area (Å²) in [6.07, 6.45) is 2.19. The van der Waals surface area contributed by atoms with Gasteiger partial charge in [-0.05, 0) is 42.3 Å². The van der Waals surface area contributed by atoms with Gasteiger partial charge in [0.15, 0.2) is 5.82 Å². The topological polar surface area (TPSA) is 49.2 Å². The first-order valence-corrected chi connectivity index (χ1v) is 8.89. The standard InChI is InChI=1S/C18H19N3OS/c22-12-13-5-3-9-21(11-13)18-14-6-1-2-7-15(14)19-17(20-18)16-8-4-10-23-16/h1-2,4,6-8,10,13,22H,3,5,9,11-12H2/t13-/m1/s1. The molecule has 23 heavy (non-hydrogen) atoms. The minimum atomic E-state index is 0.247. The van der Waals surface area contributed by atoms with Gasteiger partial charge >= 0.3 is 0 Å². The Morgan fingerprint density at radius 2 is 2.09 bits per heavy atom. The summed E-state index contributed by atoms with van der Waals surface area (Å²) in [7, 11) is 0. The Bertz CT molecular complexity index is 803. The second-order valence-electron chi connectivity index (χ2n) is 6.00. The summed E-state index contributed by atoms with van der Waals surface area (Å²) in [4.78, 5) is 13.0. The normalized spacial score (nSPS) is 18.5. The number of hydrogen-bond donors (Lipinski definition) is 1. The third kappa shape index (κ3) is 2.82. The van der Waals surface area contributed by atoms with E-state index in [1.54, 1.807) is 11.3 Å². The molecule has 3 aromatic rings. The SMILES string of the molecule is OC[C@@H]1CCCN(c2nc(-c3cccs3)nc3ccccc23)C1. The van der Waals surface area contributed by atoms with E-state index in [4.69, 9.17) is 9.97 Å². The Balaban J connectivity index is 1.83. The van der Waals surface area contributed by atoms with Crippen molar-refractivity contribution in [3.05, 3.63) is 41.8 Å². The summed E-state index contributed by atoms with van der Waals surface area (Å²) in [5.41, 5.74) is 0.979. The van der Waals surface area contributed by atoms with Gasteiger partial charge in [-0.3, -0.25) is 0 Å². The number of aromatic nitrogens is 2. The largest absolute Gasteiger partial charge is 0.396 e. The van der Waals surface area contributed by atoms with Crippen molar-refractivity contribution >= 4 is 28.1 Å². The van der Waals surface area contributed by atoms with E-state index < -0.39 is 0 Å². The van der Waals surface area contributed by atoms with Crippen molar-refractivity contribution in [3.63, 3.8) is 0 Å². The zero-order valence-corrected chi connectivity index (χ0v) is 13.7. The van der Waals surface area contributed by atoms with E-state index >= 15 is 0 Å². The number of aliphatic hydroxyl groups excluding tert-OH is 1. The molecule has 118 valence electrons. The molecular formula is C18H19N3OS. The summed E-state index contributed by atoms with van der Waals surface area (Å²) < 4.78 is 0. The van der Waals surface area contributed by atoms with Gasteiger partial charge in [0.1, 0.15) is 5.82 Å². The van der Waals surface area contributed by atoms with Crippen LogP contribution in [0.4, 0.5) is 5.82 Å². The molecule has 0 saturated carbocycles. The summed E-state index contributed by atoms with van der Waals surface area (Å²) in [5, 5.41) is 12.7. The van der Waals surface area contributed by atoms with Crippen LogP contribution in [0.25, 0.3) is 21.6 Å². The van der Waals surface area contributed by atoms with E-state index in [0.29, 0.717) is 5.92 Å². The molecular weight excluding hydrogens is 306 g/mol. The van der Waals surface area contributed by atoms with Gasteiger partial charge in [-0.1, -0.05) is 18.2 Å². The van der Waals surface area contributed by atoms with Crippen LogP contribution in [-0.2, 0) is 0 Å². The van der Waals surface area contributed by atoms with Gasteiger partial charge in [-0.2, -0.15) is 0 Å². The predicted octanol–water partition coefficient (Wildman–Crippen LogP) is 3.57. The third-order valence-electron chi connectivity index (χ3n) is 4.40. The zero-order valence-electron chi connectivity index (χ0n) is 12.9. The smallest absolute Gasteiger partial charge is 0.172 e. The van der Waals surface area contributed by atoms with Gasteiger partial charge in [0.05, 0.1) is 10.4 Å². The van der Waals surface area contributed by atoms with Crippen molar-refractivity contribution in [2.45, 2.75) is 12.8 Å². The highest BCUT2D eigenvalue weighted by atomic mass is 32.1. The van der Waals surface area contributed by atoms with Crippen molar-refractivity contribution in [2.24, 2.45) is 5.92 Å². The van der Waals surface area contributed by atoms with Crippen LogP contribution in [0.1, 0.15) is 12.8 Å². The van der Waals surface area contributed by atoms with Crippen LogP contribution < -0.4 is 4.90 Å². The molecule has 1 saturated heterocycles. The second kappa shape index (κ2) is 6.26. The van der Waals surface area contributed by atoms with Gasteiger partial charge in [0, 0.05) is 25.1 Å². The number of rotatable bonds is 3. The van der Waals surface area contributed by atoms with Crippen LogP contribution in [0.15, 0.2) is 41.8 Å². The number of thiophene rings is 1. The lowest BCUT2D eigenvalue weighted by atomic mass is 9.99. The van der Waals surface area contributed by atoms with Crippen molar-refractivity contribution in [3.8, 4) is 10.7 Å². The summed E-state index contributed by atoms with van der Waals surface area (Å²) in [5.74, 6) is 2.12. The number of nitrogens with zero attached hydrogens (tertiary/aromatic N) is 3. The van der Waals surface area contributed by atoms with Crippen LogP contribution in [0.2, 0.25) is 0 Å². The Kier molecular flexibility index (Phi) is 3.97. The lowest BCUT2D eigenvalue weighted by molar-refractivity contribution is 0.208. The minimum Gasteiger partial charge on any atom is -0.396 e. The highest BCUT2D eigenvalue weighted by molar-refractivity contribution is 7.13. The number of piperidine rings is 1. The summed E-state index contributed by atoms with van der Waals surface area (Å²) >= 11 is 1.66. The highest BCUT2D eigenvalue weighted by Gasteiger charge is 2.23. The Hall–Kier alpha value is -1.98. The molecule has 4 rings (SSSR count). The van der Waals surface area contributed by atoms with Crippen LogP contribution >= 0.6 is 11.3 Å². The fourth-order valence-corrected chi connectivity index (χ4v) is 3.88. The second-order valence-corrected chi connectivity index (χ2v) is 6.95. The average molecular weight is 325 g/mol. The molecule has 0 radical (unpaired) electrons. The molecule has 1 N–H and O–H groups in total. The maximum absolute atomic E-state index is 9.52. The molecule has 1 atom stereocenters. The first-order valence-electron chi connectivity index (χ1n) is 8.01. The van der Waals surface area contributed by atoms with Crippen molar-refractivity contribution < 1.29 is 5.11 Å². The molecule has 4 nitrogen and oxygen atoms in total. The maximum Gasteiger partial charge on any atom is 0.172 e. The molecule has 1 aliphatic rings. The molecule has 0 bridgehead atoms. The predicted molar refractivity (Wildman–Crippen MR) is 94.9 cm³/mol. The van der Waals surface area contributed by atoms with Crippen LogP contribution in [0, 0.1) is 5.92 Å². The van der Waals surface area contributed by atoms with Crippen LogP contribution in [0.3, 0.4) is 0 Å². The molecule has 1 aliphatic heterocycles. The molecule has 0 amide bonds. The van der Waals surface area contributed by atoms with Crippen molar-refractivity contribution in [2.75, 3.05) is 24.6 Å². The third-order valence-corrected chi connectivity index (χ3v) is 5.27. The summed E-state index contributed by atoms with van der Waals surface area (Å²) in [6.45, 7) is 2.10. The maximum atomic E-state index is 9.52. The molecule has 2 aromatic heterocycles. The van der Waals surface area contributed by atoms with E-state index in [2.05, 4.69) is 22.4 Å². The van der Waals surface area contributed by atoms with Gasteiger partial charge in [0.2, 0.25) is 0 Å². The van der Waals surface area contributed by atoms with Gasteiger partial charge < -0.3 is 10.0 Å². The average Bonchev–Trinajstić information content (AvgIpc) is 3.15. The fraction of sp³-hybridized carbons (Fsp3) is 0.333. The highest BCUT2D eigenvalue weighted by Crippen LogP contribution is 2.31. The van der Waals surface area contributed by atoms with Crippen LogP contribution in [-0.4, -0.2) is 34.8 Å². The Morgan fingerprint density at radius 3 is 2.91 bits per heavy atom. The van der Waals surface area contributed by atoms with Crippen molar-refractivity contribution in [1.82, 2.24) is 9.97 Å². The monoisotopic (exact) mass is 325 g/mol. The molecule has 3 heterocycles. The Labute approximate surface area is 139 Å². The molecule has 0 spiro atoms. The lowest BCUT2D eigenvalue weighted by Gasteiger charge is -2.33. The minimum absolute atomic E-state index is 0.247. The van der Waals surface area contributed by atoms with E-state index in [-0.39, 0.29) is 6.61 Å². The fourth-order valence-electron chi connectivity index (χ4n) is 3.22. The molecule has 0 aliphatic carbocycles. The van der Waals surface area contributed by atoms with E-state index in [1.807, 2.05) is 24.3 Å². The quantitative estimate of drug-likeness (QED) is 0.800. The van der Waals surface area contributed by atoms with Crippen LogP contribution in [0.5, 0.6) is 0 Å². The number of aliphatic hydroxyl groups is 1. The van der Waals surface area contributed by atoms with E-state index in [9.17, 15) is 5.11 Å². The van der Waals surface area contributed by atoms with Gasteiger partial charge in [0.25, 0.3) is 0 Å². The molecule has 1 aromatic carbocycles. The van der Waals surface area contributed by atoms with Gasteiger partial charge in [-0.25, -0.2) is 9.97 Å². The number of anilines is 1. The lowest BCUT2D eigenvalue weighted by Crippen LogP contribution is -2.37. The number of fused-ring (bicyclic) bond motifs is 1. The molecule has 1 fully saturated rings. The zero-order chi connectivity index (χ0) is 15.6. The Morgan fingerprint density at radius 1 is 1.17 bits per heavy atom. The number of para-hydroxylation sites is 1. The molecule has 5 heteroatoms. The molecule has 0 unspecified atom stereocenters. The van der Waals surface area contributed by atoms with Gasteiger partial charge in [-0.15, -0.1) is 11.3 Å². The first-order chi connectivity index (χ1) is 11.3. The summed E-state index contributed by atoms with van der Waals surface area (Å²) in [6, 6.07) is 12.3. The van der Waals surface area contributed by atoms with E-state index in [1.165, 1.54) is 0 Å². The number of benzene rings is 1. The number of hydrogen-bond acceptors (Lipinski definition) is 5. The van der Waals surface area contributed by atoms with E-state index in [0.717, 1.165) is 53.4 Å². The van der Waals surface area contributed by atoms with Crippen molar-refractivity contribution in [1.29, 1.82) is 0 Å².